The molecule has 1 rings (SSSR count). The minimum Gasteiger partial charge on any atom is -0.481 e. The van der Waals surface area contributed by atoms with Gasteiger partial charge in [0.05, 0.1) is 6.54 Å². The highest BCUT2D eigenvalue weighted by Crippen LogP contribution is 1.98. The van der Waals surface area contributed by atoms with Gasteiger partial charge in [-0.2, -0.15) is 5.10 Å². The van der Waals surface area contributed by atoms with Gasteiger partial charge in [0.15, 0.2) is 0 Å². The lowest BCUT2D eigenvalue weighted by molar-refractivity contribution is -0.137. The van der Waals surface area contributed by atoms with Crippen LogP contribution >= 0.6 is 0 Å². The number of carboxylic acid groups (broad SMARTS) is 1. The van der Waals surface area contributed by atoms with Crippen LogP contribution in [-0.2, 0) is 11.3 Å². The lowest BCUT2D eigenvalue weighted by Crippen LogP contribution is -2.42. The molecule has 2 amide bonds. The summed E-state index contributed by atoms with van der Waals surface area (Å²) < 4.78 is 1.76. The molecule has 7 heteroatoms. The van der Waals surface area contributed by atoms with Gasteiger partial charge in [-0.05, 0) is 25.8 Å². The lowest BCUT2D eigenvalue weighted by atomic mass is 10.2. The Morgan fingerprint density at radius 2 is 2.15 bits per heavy atom. The first-order valence-electron chi connectivity index (χ1n) is 6.81. The summed E-state index contributed by atoms with van der Waals surface area (Å²) >= 11 is 0. The number of carbonyl (C=O) groups is 2. The van der Waals surface area contributed by atoms with Gasteiger partial charge in [0.25, 0.3) is 0 Å². The first-order chi connectivity index (χ1) is 9.58. The molecule has 3 N–H and O–H groups in total. The number of nitrogens with zero attached hydrogens (tertiary/aromatic N) is 2. The van der Waals surface area contributed by atoms with E-state index in [9.17, 15) is 9.59 Å². The summed E-state index contributed by atoms with van der Waals surface area (Å²) in [6.45, 7) is 3.09. The van der Waals surface area contributed by atoms with E-state index >= 15 is 0 Å². The number of carbonyl (C=O) groups excluding carboxylic acids is 1. The van der Waals surface area contributed by atoms with Crippen LogP contribution in [0.3, 0.4) is 0 Å². The molecule has 7 nitrogen and oxygen atoms in total. The molecule has 0 fully saturated rings. The second kappa shape index (κ2) is 8.95. The molecule has 1 atom stereocenters. The Labute approximate surface area is 118 Å². The highest BCUT2D eigenvalue weighted by Gasteiger charge is 2.07. The van der Waals surface area contributed by atoms with Crippen molar-refractivity contribution < 1.29 is 14.7 Å². The van der Waals surface area contributed by atoms with E-state index in [2.05, 4.69) is 15.7 Å². The number of unbranched alkanes of at least 4 members (excludes halogenated alkanes) is 2. The molecule has 0 radical (unpaired) electrons. The first kappa shape index (κ1) is 16.0. The maximum atomic E-state index is 11.6. The van der Waals surface area contributed by atoms with E-state index in [1.807, 2.05) is 19.2 Å². The number of hydrogen-bond donors (Lipinski definition) is 3. The van der Waals surface area contributed by atoms with E-state index in [1.54, 1.807) is 10.9 Å². The van der Waals surface area contributed by atoms with E-state index in [1.165, 1.54) is 0 Å². The summed E-state index contributed by atoms with van der Waals surface area (Å²) in [5.74, 6) is -0.775. The fraction of sp³-hybridized carbons (Fsp3) is 0.615. The molecule has 0 aromatic carbocycles. The topological polar surface area (TPSA) is 96.3 Å². The van der Waals surface area contributed by atoms with E-state index in [0.29, 0.717) is 19.5 Å². The Hall–Kier alpha value is -2.05. The molecule has 0 aliphatic heterocycles. The molecule has 112 valence electrons. The zero-order valence-electron chi connectivity index (χ0n) is 11.7. The van der Waals surface area contributed by atoms with Crippen molar-refractivity contribution in [3.05, 3.63) is 18.5 Å². The molecule has 0 saturated heterocycles. The molecule has 0 aliphatic carbocycles. The first-order valence-corrected chi connectivity index (χ1v) is 6.81. The van der Waals surface area contributed by atoms with Gasteiger partial charge >= 0.3 is 12.0 Å². The van der Waals surface area contributed by atoms with Crippen molar-refractivity contribution in [3.63, 3.8) is 0 Å². The zero-order valence-corrected chi connectivity index (χ0v) is 11.7. The smallest absolute Gasteiger partial charge is 0.315 e. The Morgan fingerprint density at radius 3 is 2.80 bits per heavy atom. The van der Waals surface area contributed by atoms with Crippen molar-refractivity contribution in [2.45, 2.75) is 45.2 Å². The van der Waals surface area contributed by atoms with Gasteiger partial charge < -0.3 is 15.7 Å². The number of urea groups is 1. The lowest BCUT2D eigenvalue weighted by Gasteiger charge is -2.14. The quantitative estimate of drug-likeness (QED) is 0.593. The molecule has 1 unspecified atom stereocenters. The van der Waals surface area contributed by atoms with Gasteiger partial charge in [0, 0.05) is 31.4 Å². The molecular formula is C13H22N4O3. The normalized spacial score (nSPS) is 11.8. The molecule has 0 aliphatic rings. The van der Waals surface area contributed by atoms with Crippen LogP contribution in [0.2, 0.25) is 0 Å². The molecule has 1 aromatic rings. The largest absolute Gasteiger partial charge is 0.481 e. The zero-order chi connectivity index (χ0) is 14.8. The summed E-state index contributed by atoms with van der Waals surface area (Å²) in [7, 11) is 0. The standard InChI is InChI=1S/C13H22N4O3/c1-11(10-17-9-5-8-15-17)16-13(20)14-7-4-2-3-6-12(18)19/h5,8-9,11H,2-4,6-7,10H2,1H3,(H,18,19)(H2,14,16,20). The average Bonchev–Trinajstić information content (AvgIpc) is 2.85. The van der Waals surface area contributed by atoms with Crippen LogP contribution in [0.25, 0.3) is 0 Å². The summed E-state index contributed by atoms with van der Waals surface area (Å²) in [5.41, 5.74) is 0. The van der Waals surface area contributed by atoms with Crippen LogP contribution < -0.4 is 10.6 Å². The molecular weight excluding hydrogens is 260 g/mol. The number of nitrogens with one attached hydrogen (secondary N) is 2. The fourth-order valence-corrected chi connectivity index (χ4v) is 1.79. The number of carboxylic acids is 1. The van der Waals surface area contributed by atoms with Crippen LogP contribution in [0.4, 0.5) is 4.79 Å². The molecule has 0 bridgehead atoms. The van der Waals surface area contributed by atoms with E-state index < -0.39 is 5.97 Å². The van der Waals surface area contributed by atoms with Crippen molar-refractivity contribution in [1.82, 2.24) is 20.4 Å². The second-order valence-corrected chi connectivity index (χ2v) is 4.73. The van der Waals surface area contributed by atoms with Crippen molar-refractivity contribution >= 4 is 12.0 Å². The SMILES string of the molecule is CC(Cn1cccn1)NC(=O)NCCCCCC(=O)O. The monoisotopic (exact) mass is 282 g/mol. The molecule has 1 aromatic heterocycles. The van der Waals surface area contributed by atoms with Gasteiger partial charge in [-0.25, -0.2) is 4.79 Å². The number of aromatic nitrogens is 2. The predicted octanol–water partition coefficient (Wildman–Crippen LogP) is 1.22. The summed E-state index contributed by atoms with van der Waals surface area (Å²) in [6, 6.07) is 1.62. The molecule has 20 heavy (non-hydrogen) atoms. The van der Waals surface area contributed by atoms with E-state index in [-0.39, 0.29) is 18.5 Å². The Bertz CT molecular complexity index is 406. The van der Waals surface area contributed by atoms with E-state index in [0.717, 1.165) is 12.8 Å². The van der Waals surface area contributed by atoms with Crippen LogP contribution in [0, 0.1) is 0 Å². The maximum Gasteiger partial charge on any atom is 0.315 e. The van der Waals surface area contributed by atoms with Gasteiger partial charge in [-0.15, -0.1) is 0 Å². The minimum atomic E-state index is -0.775. The number of hydrogen-bond acceptors (Lipinski definition) is 3. The third kappa shape index (κ3) is 7.40. The van der Waals surface area contributed by atoms with Crippen LogP contribution in [0.1, 0.15) is 32.6 Å². The number of amides is 2. The highest BCUT2D eigenvalue weighted by molar-refractivity contribution is 5.74. The van der Waals surface area contributed by atoms with Crippen LogP contribution in [0.15, 0.2) is 18.5 Å². The van der Waals surface area contributed by atoms with E-state index in [4.69, 9.17) is 5.11 Å². The average molecular weight is 282 g/mol. The van der Waals surface area contributed by atoms with Crippen LogP contribution in [-0.4, -0.2) is 39.5 Å². The Kier molecular flexibility index (Phi) is 7.16. The highest BCUT2D eigenvalue weighted by atomic mass is 16.4. The number of aliphatic carboxylic acids is 1. The Morgan fingerprint density at radius 1 is 1.35 bits per heavy atom. The van der Waals surface area contributed by atoms with Gasteiger partial charge in [0.1, 0.15) is 0 Å². The van der Waals surface area contributed by atoms with Gasteiger partial charge in [-0.3, -0.25) is 9.48 Å². The molecule has 1 heterocycles. The van der Waals surface area contributed by atoms with Crippen molar-refractivity contribution in [2.24, 2.45) is 0 Å². The van der Waals surface area contributed by atoms with Crippen molar-refractivity contribution in [2.75, 3.05) is 6.54 Å². The predicted molar refractivity (Wildman–Crippen MR) is 74.3 cm³/mol. The minimum absolute atomic E-state index is 0.0121. The fourth-order valence-electron chi connectivity index (χ4n) is 1.79. The third-order valence-electron chi connectivity index (χ3n) is 2.75. The van der Waals surface area contributed by atoms with Crippen molar-refractivity contribution in [1.29, 1.82) is 0 Å². The van der Waals surface area contributed by atoms with Crippen molar-refractivity contribution in [3.8, 4) is 0 Å². The van der Waals surface area contributed by atoms with Gasteiger partial charge in [0.2, 0.25) is 0 Å². The summed E-state index contributed by atoms with van der Waals surface area (Å²) in [4.78, 5) is 21.9. The summed E-state index contributed by atoms with van der Waals surface area (Å²) in [5, 5.41) is 18.1. The second-order valence-electron chi connectivity index (χ2n) is 4.73. The maximum absolute atomic E-state index is 11.6. The third-order valence-corrected chi connectivity index (χ3v) is 2.75. The van der Waals surface area contributed by atoms with Crippen LogP contribution in [0.5, 0.6) is 0 Å². The summed E-state index contributed by atoms with van der Waals surface area (Å²) in [6.07, 6.45) is 5.97. The molecule has 0 saturated carbocycles. The Balaban J connectivity index is 2.03. The van der Waals surface area contributed by atoms with Gasteiger partial charge in [-0.1, -0.05) is 6.42 Å². The number of rotatable bonds is 9. The molecule has 0 spiro atoms.